The van der Waals surface area contributed by atoms with Crippen molar-refractivity contribution in [2.75, 3.05) is 46.3 Å². The summed E-state index contributed by atoms with van der Waals surface area (Å²) in [6.07, 6.45) is 3.90. The van der Waals surface area contributed by atoms with E-state index in [-0.39, 0.29) is 11.5 Å². The number of aromatic nitrogens is 1. The van der Waals surface area contributed by atoms with Crippen LogP contribution in [-0.4, -0.2) is 77.5 Å². The fourth-order valence-corrected chi connectivity index (χ4v) is 4.53. The van der Waals surface area contributed by atoms with Crippen LogP contribution in [0.1, 0.15) is 29.8 Å². The molecule has 3 heterocycles. The zero-order valence-corrected chi connectivity index (χ0v) is 16.9. The van der Waals surface area contributed by atoms with Crippen molar-refractivity contribution in [2.45, 2.75) is 25.3 Å². The summed E-state index contributed by atoms with van der Waals surface area (Å²) in [6, 6.07) is 9.95. The number of fused-ring (bicyclic) bond motifs is 1. The normalized spacial score (nSPS) is 21.9. The summed E-state index contributed by atoms with van der Waals surface area (Å²) in [6.45, 7) is 5.52. The monoisotopic (exact) mass is 382 g/mol. The standard InChI is InChI=1S/C22H30N4O2/c1-23-10-6-5-8-18(23)16-25-11-13-26(14-12-25)22(28)20-15-17-7-3-4-9-19(17)21(27)24(20)2/h3-4,7,9,15,18H,5-6,8,10-14,16H2,1-2H3. The number of carbonyl (C=O) groups excluding carboxylic acids is 1. The van der Waals surface area contributed by atoms with Crippen LogP contribution in [0.5, 0.6) is 0 Å². The lowest BCUT2D eigenvalue weighted by molar-refractivity contribution is 0.0556. The number of hydrogen-bond acceptors (Lipinski definition) is 4. The van der Waals surface area contributed by atoms with Gasteiger partial charge in [-0.05, 0) is 44.0 Å². The molecule has 6 heteroatoms. The molecule has 2 fully saturated rings. The third kappa shape index (κ3) is 3.71. The van der Waals surface area contributed by atoms with Gasteiger partial charge in [0.25, 0.3) is 11.5 Å². The number of pyridine rings is 1. The van der Waals surface area contributed by atoms with E-state index in [0.29, 0.717) is 17.1 Å². The van der Waals surface area contributed by atoms with E-state index >= 15 is 0 Å². The van der Waals surface area contributed by atoms with Gasteiger partial charge in [0.15, 0.2) is 0 Å². The molecule has 0 saturated carbocycles. The Hall–Kier alpha value is -2.18. The number of nitrogens with zero attached hydrogens (tertiary/aromatic N) is 4. The number of benzene rings is 1. The first kappa shape index (κ1) is 19.2. The van der Waals surface area contributed by atoms with Crippen LogP contribution in [0.3, 0.4) is 0 Å². The summed E-state index contributed by atoms with van der Waals surface area (Å²) in [5.41, 5.74) is 0.365. The Labute approximate surface area is 166 Å². The van der Waals surface area contributed by atoms with Gasteiger partial charge in [-0.1, -0.05) is 24.6 Å². The van der Waals surface area contributed by atoms with E-state index < -0.39 is 0 Å². The van der Waals surface area contributed by atoms with E-state index in [1.807, 2.05) is 35.2 Å². The van der Waals surface area contributed by atoms with Gasteiger partial charge < -0.3 is 14.4 Å². The first-order valence-electron chi connectivity index (χ1n) is 10.4. The molecule has 2 saturated heterocycles. The molecule has 6 nitrogen and oxygen atoms in total. The fourth-order valence-electron chi connectivity index (χ4n) is 4.53. The molecule has 1 atom stereocenters. The Morgan fingerprint density at radius 1 is 1.04 bits per heavy atom. The number of hydrogen-bond donors (Lipinski definition) is 0. The highest BCUT2D eigenvalue weighted by Gasteiger charge is 2.27. The number of piperazine rings is 1. The van der Waals surface area contributed by atoms with Crippen LogP contribution in [-0.2, 0) is 7.05 Å². The summed E-state index contributed by atoms with van der Waals surface area (Å²) in [5, 5.41) is 1.48. The SMILES string of the molecule is CN1CCCCC1CN1CCN(C(=O)c2cc3ccccc3c(=O)n2C)CC1. The molecule has 1 amide bonds. The number of likely N-dealkylation sites (tertiary alicyclic amines) is 1. The average molecular weight is 383 g/mol. The third-order valence-corrected chi connectivity index (χ3v) is 6.42. The highest BCUT2D eigenvalue weighted by Crippen LogP contribution is 2.18. The maximum atomic E-state index is 13.1. The molecule has 2 aliphatic rings. The highest BCUT2D eigenvalue weighted by atomic mass is 16.2. The zero-order chi connectivity index (χ0) is 19.7. The number of carbonyl (C=O) groups is 1. The van der Waals surface area contributed by atoms with E-state index in [4.69, 9.17) is 0 Å². The van der Waals surface area contributed by atoms with Gasteiger partial charge in [0.1, 0.15) is 5.69 Å². The lowest BCUT2D eigenvalue weighted by Gasteiger charge is -2.40. The summed E-state index contributed by atoms with van der Waals surface area (Å²) < 4.78 is 1.49. The second kappa shape index (κ2) is 8.05. The molecule has 0 spiro atoms. The quantitative estimate of drug-likeness (QED) is 0.812. The third-order valence-electron chi connectivity index (χ3n) is 6.42. The smallest absolute Gasteiger partial charge is 0.270 e. The second-order valence-electron chi connectivity index (χ2n) is 8.20. The van der Waals surface area contributed by atoms with E-state index in [2.05, 4.69) is 16.8 Å². The number of likely N-dealkylation sites (N-methyl/N-ethyl adjacent to an activating group) is 1. The van der Waals surface area contributed by atoms with Gasteiger partial charge in [-0.15, -0.1) is 0 Å². The number of rotatable bonds is 3. The van der Waals surface area contributed by atoms with Gasteiger partial charge in [-0.2, -0.15) is 0 Å². The van der Waals surface area contributed by atoms with E-state index in [9.17, 15) is 9.59 Å². The second-order valence-corrected chi connectivity index (χ2v) is 8.20. The largest absolute Gasteiger partial charge is 0.335 e. The zero-order valence-electron chi connectivity index (χ0n) is 16.9. The number of amides is 1. The molecule has 0 aliphatic carbocycles. The molecule has 2 aromatic rings. The van der Waals surface area contributed by atoms with Crippen LogP contribution >= 0.6 is 0 Å². The molecule has 0 radical (unpaired) electrons. The van der Waals surface area contributed by atoms with Crippen LogP contribution in [0.15, 0.2) is 35.1 Å². The minimum absolute atomic E-state index is 0.0419. The van der Waals surface area contributed by atoms with E-state index in [1.54, 1.807) is 7.05 Å². The summed E-state index contributed by atoms with van der Waals surface area (Å²) in [7, 11) is 3.92. The molecular formula is C22H30N4O2. The highest BCUT2D eigenvalue weighted by molar-refractivity contribution is 5.96. The maximum absolute atomic E-state index is 13.1. The average Bonchev–Trinajstić information content (AvgIpc) is 2.72. The van der Waals surface area contributed by atoms with Gasteiger partial charge in [-0.3, -0.25) is 14.5 Å². The predicted octanol–water partition coefficient (Wildman–Crippen LogP) is 1.78. The Balaban J connectivity index is 1.44. The maximum Gasteiger partial charge on any atom is 0.270 e. The van der Waals surface area contributed by atoms with E-state index in [1.165, 1.54) is 30.4 Å². The van der Waals surface area contributed by atoms with E-state index in [0.717, 1.165) is 38.1 Å². The van der Waals surface area contributed by atoms with Gasteiger partial charge in [0.05, 0.1) is 0 Å². The van der Waals surface area contributed by atoms with Crippen LogP contribution in [0.25, 0.3) is 10.8 Å². The molecule has 150 valence electrons. The van der Waals surface area contributed by atoms with Gasteiger partial charge in [0, 0.05) is 51.2 Å². The Morgan fingerprint density at radius 2 is 1.79 bits per heavy atom. The van der Waals surface area contributed by atoms with Gasteiger partial charge >= 0.3 is 0 Å². The Morgan fingerprint density at radius 3 is 2.54 bits per heavy atom. The van der Waals surface area contributed by atoms with Crippen LogP contribution < -0.4 is 5.56 Å². The van der Waals surface area contributed by atoms with Crippen molar-refractivity contribution in [2.24, 2.45) is 7.05 Å². The lowest BCUT2D eigenvalue weighted by Crippen LogP contribution is -2.53. The molecule has 0 N–H and O–H groups in total. The fraction of sp³-hybridized carbons (Fsp3) is 0.545. The molecule has 28 heavy (non-hydrogen) atoms. The van der Waals surface area contributed by atoms with Gasteiger partial charge in [0.2, 0.25) is 0 Å². The van der Waals surface area contributed by atoms with Crippen molar-refractivity contribution >= 4 is 16.7 Å². The molecule has 1 aromatic carbocycles. The van der Waals surface area contributed by atoms with Gasteiger partial charge in [-0.25, -0.2) is 0 Å². The predicted molar refractivity (Wildman–Crippen MR) is 112 cm³/mol. The first-order chi connectivity index (χ1) is 13.5. The Kier molecular flexibility index (Phi) is 5.51. The van der Waals surface area contributed by atoms with Crippen LogP contribution in [0, 0.1) is 0 Å². The van der Waals surface area contributed by atoms with Crippen molar-refractivity contribution < 1.29 is 4.79 Å². The Bertz CT molecular complexity index is 914. The molecule has 4 rings (SSSR count). The van der Waals surface area contributed by atoms with Crippen molar-refractivity contribution in [3.63, 3.8) is 0 Å². The van der Waals surface area contributed by atoms with Crippen molar-refractivity contribution in [3.05, 3.63) is 46.4 Å². The summed E-state index contributed by atoms with van der Waals surface area (Å²) in [4.78, 5) is 32.6. The first-order valence-corrected chi connectivity index (χ1v) is 10.4. The van der Waals surface area contributed by atoms with Crippen molar-refractivity contribution in [3.8, 4) is 0 Å². The molecule has 0 bridgehead atoms. The van der Waals surface area contributed by atoms with Crippen molar-refractivity contribution in [1.82, 2.24) is 19.3 Å². The topological polar surface area (TPSA) is 48.8 Å². The minimum Gasteiger partial charge on any atom is -0.335 e. The molecular weight excluding hydrogens is 352 g/mol. The van der Waals surface area contributed by atoms with Crippen LogP contribution in [0.4, 0.5) is 0 Å². The van der Waals surface area contributed by atoms with Crippen molar-refractivity contribution in [1.29, 1.82) is 0 Å². The summed E-state index contributed by atoms with van der Waals surface area (Å²) in [5.74, 6) is -0.0419. The lowest BCUT2D eigenvalue weighted by atomic mass is 10.0. The number of piperidine rings is 1. The molecule has 1 aromatic heterocycles. The van der Waals surface area contributed by atoms with Crippen LogP contribution in [0.2, 0.25) is 0 Å². The molecule has 1 unspecified atom stereocenters. The molecule has 2 aliphatic heterocycles. The summed E-state index contributed by atoms with van der Waals surface area (Å²) >= 11 is 0. The minimum atomic E-state index is -0.111.